The maximum Gasteiger partial charge on any atom is 0.306 e. The van der Waals surface area contributed by atoms with Gasteiger partial charge in [0.2, 0.25) is 5.79 Å². The molecule has 0 heterocycles. The number of ether oxygens (including phenoxy) is 1. The number of esters is 1. The average molecular weight is 334 g/mol. The number of carbonyl (C=O) groups excluding carboxylic acids is 1. The Kier molecular flexibility index (Phi) is 7.68. The van der Waals surface area contributed by atoms with Crippen molar-refractivity contribution in [2.75, 3.05) is 0 Å². The summed E-state index contributed by atoms with van der Waals surface area (Å²) in [4.78, 5) is 33.4. The van der Waals surface area contributed by atoms with Crippen LogP contribution in [0.25, 0.3) is 0 Å². The van der Waals surface area contributed by atoms with Crippen molar-refractivity contribution in [2.45, 2.75) is 105 Å². The summed E-state index contributed by atoms with van der Waals surface area (Å²) in [6.45, 7) is 18.2. The van der Waals surface area contributed by atoms with E-state index < -0.39 is 22.6 Å². The molecule has 0 saturated carbocycles. The first-order chi connectivity index (χ1) is 10.0. The molecule has 0 aromatic heterocycles. The van der Waals surface area contributed by atoms with Crippen LogP contribution in [0.1, 0.15) is 82.1 Å². The second-order valence-corrected chi connectivity index (χ2v) is 8.78. The topological polar surface area (TPSA) is 63.2 Å². The lowest BCUT2D eigenvalue weighted by atomic mass is 10.1. The summed E-state index contributed by atoms with van der Waals surface area (Å²) in [7, 11) is 0. The number of rotatable bonds is 7. The molecular weight excluding hydrogens is 300 g/mol. The second kappa shape index (κ2) is 7.92. The number of hydrogen-bond donors (Lipinski definition) is 0. The molecule has 138 valence electrons. The van der Waals surface area contributed by atoms with Gasteiger partial charge in [-0.1, -0.05) is 0 Å². The molecule has 0 aromatic carbocycles. The molecule has 0 aliphatic rings. The van der Waals surface area contributed by atoms with Crippen molar-refractivity contribution in [3.8, 4) is 0 Å². The Bertz CT molecular complexity index is 352. The van der Waals surface area contributed by atoms with E-state index in [1.807, 2.05) is 62.3 Å². The van der Waals surface area contributed by atoms with Gasteiger partial charge in [0.1, 0.15) is 5.60 Å². The molecule has 0 N–H and O–H groups in total. The van der Waals surface area contributed by atoms with Crippen LogP contribution in [-0.2, 0) is 29.1 Å². The third-order valence-electron chi connectivity index (χ3n) is 2.14. The molecule has 0 bridgehead atoms. The number of carbonyl (C=O) groups is 1. The third-order valence-corrected chi connectivity index (χ3v) is 2.14. The van der Waals surface area contributed by atoms with Crippen LogP contribution < -0.4 is 0 Å². The summed E-state index contributed by atoms with van der Waals surface area (Å²) in [5.74, 6) is -1.56. The maximum atomic E-state index is 11.9. The van der Waals surface area contributed by atoms with E-state index >= 15 is 0 Å². The fourth-order valence-electron chi connectivity index (χ4n) is 1.25. The van der Waals surface area contributed by atoms with Crippen molar-refractivity contribution in [3.63, 3.8) is 0 Å². The SMILES string of the molecule is CC(C)(C)OOC(C)(CCC(=O)OC(C)(C)C)OOC(C)(C)C. The molecule has 0 spiro atoms. The molecular formula is C17H34O6. The molecule has 0 saturated heterocycles. The van der Waals surface area contributed by atoms with Crippen LogP contribution in [0, 0.1) is 0 Å². The minimum absolute atomic E-state index is 0.120. The molecule has 6 heteroatoms. The molecule has 6 nitrogen and oxygen atoms in total. The standard InChI is InChI=1S/C17H34O6/c1-14(2,3)19-13(18)11-12-17(10,22-20-15(4,5)6)23-21-16(7,8)9/h11-12H2,1-10H3. The Labute approximate surface area is 140 Å². The van der Waals surface area contributed by atoms with Crippen LogP contribution in [0.15, 0.2) is 0 Å². The van der Waals surface area contributed by atoms with Crippen LogP contribution in [0.4, 0.5) is 0 Å². The molecule has 0 fully saturated rings. The molecule has 0 unspecified atom stereocenters. The van der Waals surface area contributed by atoms with Crippen LogP contribution in [0.5, 0.6) is 0 Å². The zero-order valence-electron chi connectivity index (χ0n) is 16.4. The summed E-state index contributed by atoms with van der Waals surface area (Å²) in [5.41, 5.74) is -1.56. The highest BCUT2D eigenvalue weighted by Gasteiger charge is 2.35. The zero-order chi connectivity index (χ0) is 18.5. The van der Waals surface area contributed by atoms with Crippen LogP contribution in [0.2, 0.25) is 0 Å². The molecule has 0 amide bonds. The highest BCUT2D eigenvalue weighted by atomic mass is 17.3. The van der Waals surface area contributed by atoms with Crippen molar-refractivity contribution < 1.29 is 29.1 Å². The van der Waals surface area contributed by atoms with Gasteiger partial charge in [0, 0.05) is 6.42 Å². The molecule has 0 aliphatic heterocycles. The first kappa shape index (κ1) is 22.3. The Morgan fingerprint density at radius 1 is 0.652 bits per heavy atom. The normalized spacial score (nSPS) is 14.0. The van der Waals surface area contributed by atoms with E-state index in [4.69, 9.17) is 24.3 Å². The summed E-state index contributed by atoms with van der Waals surface area (Å²) in [6, 6.07) is 0. The van der Waals surface area contributed by atoms with Crippen molar-refractivity contribution >= 4 is 5.97 Å². The largest absolute Gasteiger partial charge is 0.460 e. The van der Waals surface area contributed by atoms with E-state index in [0.29, 0.717) is 0 Å². The summed E-state index contributed by atoms with van der Waals surface area (Å²) in [6.07, 6.45) is 0.350. The molecule has 0 aromatic rings. The van der Waals surface area contributed by atoms with Gasteiger partial charge in [-0.25, -0.2) is 9.78 Å². The lowest BCUT2D eigenvalue weighted by molar-refractivity contribution is -0.537. The van der Waals surface area contributed by atoms with Gasteiger partial charge < -0.3 is 4.74 Å². The zero-order valence-corrected chi connectivity index (χ0v) is 16.4. The summed E-state index contributed by atoms with van der Waals surface area (Å²) < 4.78 is 5.29. The lowest BCUT2D eigenvalue weighted by Gasteiger charge is -2.32. The number of hydrogen-bond acceptors (Lipinski definition) is 6. The first-order valence-electron chi connectivity index (χ1n) is 7.97. The first-order valence-corrected chi connectivity index (χ1v) is 7.97. The van der Waals surface area contributed by atoms with E-state index in [9.17, 15) is 4.79 Å². The van der Waals surface area contributed by atoms with E-state index in [1.54, 1.807) is 6.92 Å². The Morgan fingerprint density at radius 2 is 1.04 bits per heavy atom. The van der Waals surface area contributed by atoms with Crippen molar-refractivity contribution in [2.24, 2.45) is 0 Å². The van der Waals surface area contributed by atoms with Crippen LogP contribution in [0.3, 0.4) is 0 Å². The third kappa shape index (κ3) is 13.4. The Hall–Kier alpha value is -0.690. The second-order valence-electron chi connectivity index (χ2n) is 8.78. The van der Waals surface area contributed by atoms with Crippen molar-refractivity contribution in [3.05, 3.63) is 0 Å². The molecule has 0 aliphatic carbocycles. The van der Waals surface area contributed by atoms with E-state index in [1.165, 1.54) is 0 Å². The highest BCUT2D eigenvalue weighted by molar-refractivity contribution is 5.69. The molecule has 0 rings (SSSR count). The monoisotopic (exact) mass is 334 g/mol. The highest BCUT2D eigenvalue weighted by Crippen LogP contribution is 2.26. The fourth-order valence-corrected chi connectivity index (χ4v) is 1.25. The predicted molar refractivity (Wildman–Crippen MR) is 87.3 cm³/mol. The molecule has 23 heavy (non-hydrogen) atoms. The van der Waals surface area contributed by atoms with Crippen LogP contribution in [-0.4, -0.2) is 28.6 Å². The van der Waals surface area contributed by atoms with E-state index in [0.717, 1.165) is 0 Å². The maximum absolute atomic E-state index is 11.9. The smallest absolute Gasteiger partial charge is 0.306 e. The van der Waals surface area contributed by atoms with Gasteiger partial charge in [-0.3, -0.25) is 4.79 Å². The quantitative estimate of drug-likeness (QED) is 0.299. The van der Waals surface area contributed by atoms with Gasteiger partial charge in [0.05, 0.1) is 17.6 Å². The summed E-state index contributed by atoms with van der Waals surface area (Å²) >= 11 is 0. The Morgan fingerprint density at radius 3 is 1.35 bits per heavy atom. The minimum atomic E-state index is -1.22. The van der Waals surface area contributed by atoms with Gasteiger partial charge in [-0.2, -0.15) is 9.78 Å². The van der Waals surface area contributed by atoms with Gasteiger partial charge in [0.15, 0.2) is 0 Å². The average Bonchev–Trinajstić information content (AvgIpc) is 2.28. The summed E-state index contributed by atoms with van der Waals surface area (Å²) in [5, 5.41) is 0. The van der Waals surface area contributed by atoms with E-state index in [-0.39, 0.29) is 18.8 Å². The van der Waals surface area contributed by atoms with Crippen molar-refractivity contribution in [1.29, 1.82) is 0 Å². The molecule has 0 atom stereocenters. The van der Waals surface area contributed by atoms with Gasteiger partial charge in [0.25, 0.3) is 0 Å². The van der Waals surface area contributed by atoms with Crippen LogP contribution >= 0.6 is 0 Å². The fraction of sp³-hybridized carbons (Fsp3) is 0.941. The van der Waals surface area contributed by atoms with Crippen molar-refractivity contribution in [1.82, 2.24) is 0 Å². The molecule has 0 radical (unpaired) electrons. The predicted octanol–water partition coefficient (Wildman–Crippen LogP) is 4.32. The van der Waals surface area contributed by atoms with Gasteiger partial charge in [-0.15, -0.1) is 0 Å². The minimum Gasteiger partial charge on any atom is -0.460 e. The Balaban J connectivity index is 4.74. The van der Waals surface area contributed by atoms with E-state index in [2.05, 4.69) is 0 Å². The lowest BCUT2D eigenvalue weighted by Crippen LogP contribution is -2.39. The van der Waals surface area contributed by atoms with Gasteiger partial charge >= 0.3 is 5.97 Å². The van der Waals surface area contributed by atoms with Gasteiger partial charge in [-0.05, 0) is 69.2 Å².